The number of aliphatic hydroxyl groups is 1. The first-order valence-corrected chi connectivity index (χ1v) is 7.07. The normalized spacial score (nSPS) is 31.1. The number of hydrogen-bond acceptors (Lipinski definition) is 3. The number of anilines is 1. The highest BCUT2D eigenvalue weighted by molar-refractivity contribution is 5.49. The molecular weight excluding hydrogens is 224 g/mol. The van der Waals surface area contributed by atoms with Crippen LogP contribution in [0, 0.1) is 0 Å². The van der Waals surface area contributed by atoms with Crippen molar-refractivity contribution < 1.29 is 5.11 Å². The van der Waals surface area contributed by atoms with E-state index in [1.807, 2.05) is 6.20 Å². The maximum absolute atomic E-state index is 9.83. The van der Waals surface area contributed by atoms with Gasteiger partial charge in [-0.1, -0.05) is 13.8 Å². The van der Waals surface area contributed by atoms with E-state index in [1.165, 1.54) is 18.5 Å². The molecule has 0 saturated carbocycles. The standard InChI is InChI=1S/C15H22N2O/c1-10(2)15-6-5-13(9-16-15)17-11-3-4-12(17)8-14(18)7-11/h5-6,9-12,14,18H,3-4,7-8H2,1-2H3. The van der Waals surface area contributed by atoms with Crippen LogP contribution in [0.5, 0.6) is 0 Å². The zero-order valence-corrected chi connectivity index (χ0v) is 11.2. The highest BCUT2D eigenvalue weighted by Gasteiger charge is 2.40. The lowest BCUT2D eigenvalue weighted by Crippen LogP contribution is -2.44. The Morgan fingerprint density at radius 1 is 1.22 bits per heavy atom. The Morgan fingerprint density at radius 3 is 2.39 bits per heavy atom. The molecule has 3 heteroatoms. The minimum absolute atomic E-state index is 0.0957. The molecule has 2 aliphatic rings. The van der Waals surface area contributed by atoms with Gasteiger partial charge in [-0.15, -0.1) is 0 Å². The summed E-state index contributed by atoms with van der Waals surface area (Å²) in [6, 6.07) is 5.38. The number of aliphatic hydroxyl groups excluding tert-OH is 1. The van der Waals surface area contributed by atoms with Gasteiger partial charge in [-0.3, -0.25) is 4.98 Å². The molecule has 1 aromatic rings. The summed E-state index contributed by atoms with van der Waals surface area (Å²) in [5, 5.41) is 9.83. The monoisotopic (exact) mass is 246 g/mol. The van der Waals surface area contributed by atoms with E-state index in [1.54, 1.807) is 0 Å². The smallest absolute Gasteiger partial charge is 0.0579 e. The lowest BCUT2D eigenvalue weighted by Gasteiger charge is -2.38. The summed E-state index contributed by atoms with van der Waals surface area (Å²) in [6.07, 6.45) is 6.19. The van der Waals surface area contributed by atoms with E-state index in [0.29, 0.717) is 18.0 Å². The number of aromatic nitrogens is 1. The highest BCUT2D eigenvalue weighted by atomic mass is 16.3. The van der Waals surface area contributed by atoms with Crippen molar-refractivity contribution in [1.29, 1.82) is 0 Å². The maximum Gasteiger partial charge on any atom is 0.0579 e. The molecule has 0 amide bonds. The van der Waals surface area contributed by atoms with Crippen molar-refractivity contribution in [2.24, 2.45) is 0 Å². The molecule has 0 spiro atoms. The summed E-state index contributed by atoms with van der Waals surface area (Å²) >= 11 is 0. The van der Waals surface area contributed by atoms with E-state index >= 15 is 0 Å². The third-order valence-corrected chi connectivity index (χ3v) is 4.37. The summed E-state index contributed by atoms with van der Waals surface area (Å²) in [6.45, 7) is 4.34. The van der Waals surface area contributed by atoms with Gasteiger partial charge in [0.25, 0.3) is 0 Å². The second-order valence-corrected chi connectivity index (χ2v) is 6.01. The third-order valence-electron chi connectivity index (χ3n) is 4.37. The lowest BCUT2D eigenvalue weighted by atomic mass is 9.99. The van der Waals surface area contributed by atoms with Gasteiger partial charge in [-0.05, 0) is 43.7 Å². The van der Waals surface area contributed by atoms with Crippen LogP contribution in [0.2, 0.25) is 0 Å². The van der Waals surface area contributed by atoms with Crippen LogP contribution < -0.4 is 4.90 Å². The minimum Gasteiger partial charge on any atom is -0.393 e. The van der Waals surface area contributed by atoms with Crippen LogP contribution in [-0.2, 0) is 0 Å². The largest absolute Gasteiger partial charge is 0.393 e. The SMILES string of the molecule is CC(C)c1ccc(N2C3CCC2CC(O)C3)cn1. The molecule has 18 heavy (non-hydrogen) atoms. The van der Waals surface area contributed by atoms with Gasteiger partial charge in [0.1, 0.15) is 0 Å². The van der Waals surface area contributed by atoms with Gasteiger partial charge in [0.15, 0.2) is 0 Å². The molecule has 2 unspecified atom stereocenters. The van der Waals surface area contributed by atoms with Crippen LogP contribution in [-0.4, -0.2) is 28.3 Å². The Labute approximate surface area is 109 Å². The van der Waals surface area contributed by atoms with Crippen LogP contribution in [0.25, 0.3) is 0 Å². The van der Waals surface area contributed by atoms with Gasteiger partial charge in [0.2, 0.25) is 0 Å². The first-order chi connectivity index (χ1) is 8.65. The van der Waals surface area contributed by atoms with Crippen molar-refractivity contribution in [1.82, 2.24) is 4.98 Å². The fourth-order valence-corrected chi connectivity index (χ4v) is 3.46. The van der Waals surface area contributed by atoms with E-state index in [-0.39, 0.29) is 6.10 Å². The predicted octanol–water partition coefficient (Wildman–Crippen LogP) is 2.70. The molecular formula is C15H22N2O. The third kappa shape index (κ3) is 2.01. The molecule has 2 bridgehead atoms. The lowest BCUT2D eigenvalue weighted by molar-refractivity contribution is 0.126. The van der Waals surface area contributed by atoms with Crippen LogP contribution in [0.1, 0.15) is 51.1 Å². The molecule has 2 aliphatic heterocycles. The van der Waals surface area contributed by atoms with E-state index in [4.69, 9.17) is 0 Å². The van der Waals surface area contributed by atoms with Crippen LogP contribution >= 0.6 is 0 Å². The van der Waals surface area contributed by atoms with Crippen molar-refractivity contribution in [3.05, 3.63) is 24.0 Å². The molecule has 1 aromatic heterocycles. The van der Waals surface area contributed by atoms with Gasteiger partial charge >= 0.3 is 0 Å². The zero-order valence-electron chi connectivity index (χ0n) is 11.2. The van der Waals surface area contributed by atoms with Crippen molar-refractivity contribution in [3.63, 3.8) is 0 Å². The van der Waals surface area contributed by atoms with E-state index in [9.17, 15) is 5.11 Å². The first kappa shape index (κ1) is 12.0. The second kappa shape index (κ2) is 4.54. The molecule has 0 aromatic carbocycles. The van der Waals surface area contributed by atoms with Crippen molar-refractivity contribution in [2.45, 2.75) is 63.6 Å². The predicted molar refractivity (Wildman–Crippen MR) is 72.9 cm³/mol. The van der Waals surface area contributed by atoms with Gasteiger partial charge in [-0.25, -0.2) is 0 Å². The fourth-order valence-electron chi connectivity index (χ4n) is 3.46. The van der Waals surface area contributed by atoms with Crippen molar-refractivity contribution in [3.8, 4) is 0 Å². The zero-order chi connectivity index (χ0) is 12.7. The molecule has 0 aliphatic carbocycles. The van der Waals surface area contributed by atoms with Crippen molar-refractivity contribution in [2.75, 3.05) is 4.90 Å². The summed E-state index contributed by atoms with van der Waals surface area (Å²) < 4.78 is 0. The fraction of sp³-hybridized carbons (Fsp3) is 0.667. The molecule has 3 rings (SSSR count). The van der Waals surface area contributed by atoms with E-state index in [0.717, 1.165) is 18.5 Å². The average Bonchev–Trinajstić information content (AvgIpc) is 2.62. The topological polar surface area (TPSA) is 36.4 Å². The summed E-state index contributed by atoms with van der Waals surface area (Å²) in [5.74, 6) is 0.485. The van der Waals surface area contributed by atoms with Crippen molar-refractivity contribution >= 4 is 5.69 Å². The molecule has 0 radical (unpaired) electrons. The Hall–Kier alpha value is -1.09. The van der Waals surface area contributed by atoms with E-state index < -0.39 is 0 Å². The molecule has 98 valence electrons. The van der Waals surface area contributed by atoms with Gasteiger partial charge in [-0.2, -0.15) is 0 Å². The molecule has 2 fully saturated rings. The Balaban J connectivity index is 1.83. The molecule has 3 nitrogen and oxygen atoms in total. The Morgan fingerprint density at radius 2 is 1.89 bits per heavy atom. The van der Waals surface area contributed by atoms with Gasteiger partial charge < -0.3 is 10.0 Å². The molecule has 2 atom stereocenters. The van der Waals surface area contributed by atoms with E-state index in [2.05, 4.69) is 35.9 Å². The average molecular weight is 246 g/mol. The molecule has 3 heterocycles. The number of nitrogens with zero attached hydrogens (tertiary/aromatic N) is 2. The van der Waals surface area contributed by atoms with Crippen LogP contribution in [0.4, 0.5) is 5.69 Å². The molecule has 1 N–H and O–H groups in total. The van der Waals surface area contributed by atoms with Gasteiger partial charge in [0, 0.05) is 17.8 Å². The Bertz CT molecular complexity index is 401. The first-order valence-electron chi connectivity index (χ1n) is 7.07. The summed E-state index contributed by atoms with van der Waals surface area (Å²) in [7, 11) is 0. The number of piperidine rings is 1. The number of rotatable bonds is 2. The minimum atomic E-state index is -0.0957. The summed E-state index contributed by atoms with van der Waals surface area (Å²) in [4.78, 5) is 7.05. The highest BCUT2D eigenvalue weighted by Crippen LogP contribution is 2.39. The van der Waals surface area contributed by atoms with Crippen LogP contribution in [0.3, 0.4) is 0 Å². The number of hydrogen-bond donors (Lipinski definition) is 1. The molecule has 2 saturated heterocycles. The quantitative estimate of drug-likeness (QED) is 0.871. The Kier molecular flexibility index (Phi) is 3.02. The van der Waals surface area contributed by atoms with Crippen LogP contribution in [0.15, 0.2) is 18.3 Å². The maximum atomic E-state index is 9.83. The summed E-state index contributed by atoms with van der Waals surface area (Å²) in [5.41, 5.74) is 2.39. The number of pyridine rings is 1. The second-order valence-electron chi connectivity index (χ2n) is 6.01. The van der Waals surface area contributed by atoms with Gasteiger partial charge in [0.05, 0.1) is 18.0 Å². The number of fused-ring (bicyclic) bond motifs is 2.